The van der Waals surface area contributed by atoms with Crippen LogP contribution in [0.3, 0.4) is 0 Å². The highest BCUT2D eigenvalue weighted by atomic mass is 19.1. The first kappa shape index (κ1) is 14.5. The molecule has 2 aromatic carbocycles. The first-order valence-corrected chi connectivity index (χ1v) is 6.70. The number of benzene rings is 2. The Bertz CT molecular complexity index is 572. The van der Waals surface area contributed by atoms with Crippen LogP contribution in [0.15, 0.2) is 36.4 Å². The summed E-state index contributed by atoms with van der Waals surface area (Å²) in [6.07, 6.45) is 0. The molecule has 106 valence electrons. The number of rotatable bonds is 5. The van der Waals surface area contributed by atoms with Crippen LogP contribution in [-0.2, 0) is 13.1 Å². The van der Waals surface area contributed by atoms with Gasteiger partial charge in [-0.05, 0) is 36.6 Å². The van der Waals surface area contributed by atoms with E-state index in [1.54, 1.807) is 21.0 Å². The van der Waals surface area contributed by atoms with Crippen LogP contribution in [0.5, 0.6) is 5.75 Å². The lowest BCUT2D eigenvalue weighted by Crippen LogP contribution is -2.13. The molecule has 0 saturated heterocycles. The van der Waals surface area contributed by atoms with Crippen molar-refractivity contribution >= 4 is 0 Å². The van der Waals surface area contributed by atoms with Crippen LogP contribution >= 0.6 is 0 Å². The molecular weight excluding hydrogens is 253 g/mol. The first-order valence-electron chi connectivity index (χ1n) is 6.70. The second-order valence-corrected chi connectivity index (χ2v) is 4.96. The third-order valence-electron chi connectivity index (χ3n) is 3.33. The number of aryl methyl sites for hydroxylation is 2. The first-order chi connectivity index (χ1) is 9.61. The molecule has 0 fully saturated rings. The quantitative estimate of drug-likeness (QED) is 0.896. The largest absolute Gasteiger partial charge is 0.496 e. The molecule has 2 rings (SSSR count). The SMILES string of the molecule is COc1ccccc1CNCc1cc(C)c(F)c(C)c1. The van der Waals surface area contributed by atoms with Crippen molar-refractivity contribution in [2.45, 2.75) is 26.9 Å². The zero-order valence-corrected chi connectivity index (χ0v) is 12.2. The van der Waals surface area contributed by atoms with Crippen molar-refractivity contribution in [2.24, 2.45) is 0 Å². The Morgan fingerprint density at radius 2 is 1.70 bits per heavy atom. The van der Waals surface area contributed by atoms with Crippen LogP contribution < -0.4 is 10.1 Å². The smallest absolute Gasteiger partial charge is 0.129 e. The van der Waals surface area contributed by atoms with Gasteiger partial charge in [0.25, 0.3) is 0 Å². The molecule has 2 nitrogen and oxygen atoms in total. The number of hydrogen-bond acceptors (Lipinski definition) is 2. The Morgan fingerprint density at radius 1 is 1.05 bits per heavy atom. The van der Waals surface area contributed by atoms with E-state index >= 15 is 0 Å². The van der Waals surface area contributed by atoms with Gasteiger partial charge in [0.15, 0.2) is 0 Å². The monoisotopic (exact) mass is 273 g/mol. The molecular formula is C17H20FNO. The van der Waals surface area contributed by atoms with Gasteiger partial charge in [-0.3, -0.25) is 0 Å². The van der Waals surface area contributed by atoms with E-state index in [-0.39, 0.29) is 5.82 Å². The number of ether oxygens (including phenoxy) is 1. The summed E-state index contributed by atoms with van der Waals surface area (Å²) in [5.41, 5.74) is 3.60. The molecule has 0 heterocycles. The van der Waals surface area contributed by atoms with Crippen LogP contribution in [0.1, 0.15) is 22.3 Å². The summed E-state index contributed by atoms with van der Waals surface area (Å²) in [6.45, 7) is 5.03. The van der Waals surface area contributed by atoms with E-state index in [9.17, 15) is 4.39 Å². The highest BCUT2D eigenvalue weighted by Crippen LogP contribution is 2.18. The minimum absolute atomic E-state index is 0.113. The summed E-state index contributed by atoms with van der Waals surface area (Å²) in [4.78, 5) is 0. The van der Waals surface area contributed by atoms with Crippen molar-refractivity contribution in [3.63, 3.8) is 0 Å². The zero-order valence-electron chi connectivity index (χ0n) is 12.2. The van der Waals surface area contributed by atoms with Gasteiger partial charge in [-0.15, -0.1) is 0 Å². The molecule has 0 aromatic heterocycles. The van der Waals surface area contributed by atoms with Crippen LogP contribution in [0, 0.1) is 19.7 Å². The van der Waals surface area contributed by atoms with Crippen LogP contribution in [0.4, 0.5) is 4.39 Å². The van der Waals surface area contributed by atoms with Crippen molar-refractivity contribution < 1.29 is 9.13 Å². The Kier molecular flexibility index (Phi) is 4.74. The van der Waals surface area contributed by atoms with E-state index in [1.165, 1.54) is 0 Å². The fourth-order valence-electron chi connectivity index (χ4n) is 2.33. The van der Waals surface area contributed by atoms with Gasteiger partial charge in [0.1, 0.15) is 11.6 Å². The van der Waals surface area contributed by atoms with E-state index < -0.39 is 0 Å². The van der Waals surface area contributed by atoms with Crippen LogP contribution in [-0.4, -0.2) is 7.11 Å². The van der Waals surface area contributed by atoms with Crippen molar-refractivity contribution in [3.05, 3.63) is 64.5 Å². The van der Waals surface area contributed by atoms with Crippen LogP contribution in [0.2, 0.25) is 0 Å². The Morgan fingerprint density at radius 3 is 2.35 bits per heavy atom. The average Bonchev–Trinajstić information content (AvgIpc) is 2.45. The summed E-state index contributed by atoms with van der Waals surface area (Å²) in [7, 11) is 1.67. The number of nitrogens with one attached hydrogen (secondary N) is 1. The molecule has 0 spiro atoms. The molecule has 1 N–H and O–H groups in total. The Hall–Kier alpha value is -1.87. The van der Waals surface area contributed by atoms with E-state index in [2.05, 4.69) is 5.32 Å². The molecule has 0 aliphatic heterocycles. The maximum absolute atomic E-state index is 13.6. The predicted octanol–water partition coefficient (Wildman–Crippen LogP) is 3.74. The molecule has 0 radical (unpaired) electrons. The van der Waals surface area contributed by atoms with E-state index in [0.29, 0.717) is 17.7 Å². The topological polar surface area (TPSA) is 21.3 Å². The summed E-state index contributed by atoms with van der Waals surface area (Å²) in [5, 5.41) is 3.36. The number of halogens is 1. The maximum Gasteiger partial charge on any atom is 0.129 e. The molecule has 0 aliphatic rings. The molecule has 0 amide bonds. The van der Waals surface area contributed by atoms with E-state index in [1.807, 2.05) is 36.4 Å². The molecule has 0 unspecified atom stereocenters. The maximum atomic E-state index is 13.6. The molecule has 0 saturated carbocycles. The van der Waals surface area contributed by atoms with Gasteiger partial charge in [0.2, 0.25) is 0 Å². The van der Waals surface area contributed by atoms with Crippen molar-refractivity contribution in [1.29, 1.82) is 0 Å². The second kappa shape index (κ2) is 6.53. The van der Waals surface area contributed by atoms with Gasteiger partial charge in [0.05, 0.1) is 7.11 Å². The number of para-hydroxylation sites is 1. The van der Waals surface area contributed by atoms with Gasteiger partial charge in [-0.2, -0.15) is 0 Å². The van der Waals surface area contributed by atoms with Gasteiger partial charge in [-0.25, -0.2) is 4.39 Å². The van der Waals surface area contributed by atoms with Gasteiger partial charge in [0, 0.05) is 18.7 Å². The third kappa shape index (κ3) is 3.36. The fraction of sp³-hybridized carbons (Fsp3) is 0.294. The Labute approximate surface area is 119 Å². The summed E-state index contributed by atoms with van der Waals surface area (Å²) in [6, 6.07) is 11.7. The molecule has 0 bridgehead atoms. The van der Waals surface area contributed by atoms with Crippen LogP contribution in [0.25, 0.3) is 0 Å². The zero-order chi connectivity index (χ0) is 14.5. The average molecular weight is 273 g/mol. The molecule has 0 aliphatic carbocycles. The van der Waals surface area contributed by atoms with Gasteiger partial charge in [-0.1, -0.05) is 30.3 Å². The highest BCUT2D eigenvalue weighted by Gasteiger charge is 2.05. The molecule has 3 heteroatoms. The summed E-state index contributed by atoms with van der Waals surface area (Å²) >= 11 is 0. The lowest BCUT2D eigenvalue weighted by Gasteiger charge is -2.11. The number of hydrogen-bond donors (Lipinski definition) is 1. The Balaban J connectivity index is 1.99. The minimum atomic E-state index is -0.113. The normalized spacial score (nSPS) is 10.6. The standard InChI is InChI=1S/C17H20FNO/c1-12-8-14(9-13(2)17(12)18)10-19-11-15-6-4-5-7-16(15)20-3/h4-9,19H,10-11H2,1-3H3. The molecule has 2 aromatic rings. The van der Waals surface area contributed by atoms with Crippen molar-refractivity contribution in [1.82, 2.24) is 5.32 Å². The van der Waals surface area contributed by atoms with Crippen molar-refractivity contribution in [2.75, 3.05) is 7.11 Å². The third-order valence-corrected chi connectivity index (χ3v) is 3.33. The fourth-order valence-corrected chi connectivity index (χ4v) is 2.33. The van der Waals surface area contributed by atoms with Gasteiger partial charge < -0.3 is 10.1 Å². The second-order valence-electron chi connectivity index (χ2n) is 4.96. The van der Waals surface area contributed by atoms with Crippen molar-refractivity contribution in [3.8, 4) is 5.75 Å². The minimum Gasteiger partial charge on any atom is -0.496 e. The molecule has 0 atom stereocenters. The lowest BCUT2D eigenvalue weighted by atomic mass is 10.1. The van der Waals surface area contributed by atoms with Gasteiger partial charge >= 0.3 is 0 Å². The number of methoxy groups -OCH3 is 1. The lowest BCUT2D eigenvalue weighted by molar-refractivity contribution is 0.407. The van der Waals surface area contributed by atoms with E-state index in [4.69, 9.17) is 4.74 Å². The van der Waals surface area contributed by atoms with E-state index in [0.717, 1.165) is 23.4 Å². The summed E-state index contributed by atoms with van der Waals surface area (Å²) < 4.78 is 18.9. The highest BCUT2D eigenvalue weighted by molar-refractivity contribution is 5.33. The predicted molar refractivity (Wildman–Crippen MR) is 79.4 cm³/mol. The molecule has 20 heavy (non-hydrogen) atoms. The summed E-state index contributed by atoms with van der Waals surface area (Å²) in [5.74, 6) is 0.768.